The summed E-state index contributed by atoms with van der Waals surface area (Å²) in [7, 11) is 0. The van der Waals surface area contributed by atoms with Gasteiger partial charge >= 0.3 is 12.1 Å². The molecule has 0 saturated carbocycles. The summed E-state index contributed by atoms with van der Waals surface area (Å²) in [5.74, 6) is -0.406. The van der Waals surface area contributed by atoms with Crippen LogP contribution >= 0.6 is 11.3 Å². The standard InChI is InChI=1S/C31H40N6O4S/c1-31(2,3)41-30(40)35-27-22-42-21-26(27)34-28(38)25-12-11-24(19-33-25)20-37(18-17-36-15-7-8-16-36)29(39)32-14-13-23-9-5-4-6-10-23/h4-6,9-12,19,21-22H,7-8,13-18,20H2,1-3H3,(H,32,39)(H,34,38)(H,35,40). The van der Waals surface area contributed by atoms with Gasteiger partial charge in [0.2, 0.25) is 0 Å². The van der Waals surface area contributed by atoms with Gasteiger partial charge < -0.3 is 25.2 Å². The van der Waals surface area contributed by atoms with Gasteiger partial charge in [-0.3, -0.25) is 15.1 Å². The highest BCUT2D eigenvalue weighted by molar-refractivity contribution is 7.09. The van der Waals surface area contributed by atoms with E-state index in [2.05, 4.69) is 38.0 Å². The zero-order valence-electron chi connectivity index (χ0n) is 24.5. The summed E-state index contributed by atoms with van der Waals surface area (Å²) in [6.07, 6.45) is 4.18. The number of thiophene rings is 1. The number of nitrogens with one attached hydrogen (secondary N) is 3. The second-order valence-corrected chi connectivity index (χ2v) is 12.0. The van der Waals surface area contributed by atoms with Gasteiger partial charge in [-0.05, 0) is 70.3 Å². The first-order valence-electron chi connectivity index (χ1n) is 14.3. The molecule has 4 amide bonds. The summed E-state index contributed by atoms with van der Waals surface area (Å²) in [5, 5.41) is 12.0. The van der Waals surface area contributed by atoms with E-state index in [-0.39, 0.29) is 11.7 Å². The first kappa shape index (κ1) is 31.0. The minimum Gasteiger partial charge on any atom is -0.444 e. The monoisotopic (exact) mass is 592 g/mol. The van der Waals surface area contributed by atoms with Crippen LogP contribution in [-0.2, 0) is 17.7 Å². The number of ether oxygens (including phenoxy) is 1. The molecule has 0 atom stereocenters. The van der Waals surface area contributed by atoms with E-state index in [1.807, 2.05) is 24.3 Å². The number of anilines is 2. The van der Waals surface area contributed by atoms with Crippen LogP contribution in [0.1, 0.15) is 55.2 Å². The van der Waals surface area contributed by atoms with Crippen LogP contribution in [0.25, 0.3) is 0 Å². The van der Waals surface area contributed by atoms with Crippen molar-refractivity contribution in [1.29, 1.82) is 0 Å². The lowest BCUT2D eigenvalue weighted by Crippen LogP contribution is -2.43. The number of amides is 4. The van der Waals surface area contributed by atoms with E-state index < -0.39 is 17.6 Å². The van der Waals surface area contributed by atoms with Crippen LogP contribution < -0.4 is 16.0 Å². The van der Waals surface area contributed by atoms with Crippen LogP contribution in [0.4, 0.5) is 21.0 Å². The summed E-state index contributed by atoms with van der Waals surface area (Å²) in [6.45, 7) is 9.83. The van der Waals surface area contributed by atoms with Crippen molar-refractivity contribution >= 4 is 40.7 Å². The molecule has 2 aromatic heterocycles. The zero-order chi connectivity index (χ0) is 30.0. The Bertz CT molecular complexity index is 1320. The highest BCUT2D eigenvalue weighted by Crippen LogP contribution is 2.27. The molecular weight excluding hydrogens is 552 g/mol. The lowest BCUT2D eigenvalue weighted by molar-refractivity contribution is 0.0635. The summed E-state index contributed by atoms with van der Waals surface area (Å²) >= 11 is 1.34. The van der Waals surface area contributed by atoms with Gasteiger partial charge in [0, 0.05) is 43.1 Å². The van der Waals surface area contributed by atoms with E-state index in [0.717, 1.165) is 31.6 Å². The number of hydrogen-bond acceptors (Lipinski definition) is 7. The van der Waals surface area contributed by atoms with Crippen molar-refractivity contribution in [2.24, 2.45) is 0 Å². The highest BCUT2D eigenvalue weighted by Gasteiger charge is 2.20. The van der Waals surface area contributed by atoms with Crippen LogP contribution in [-0.4, -0.2) is 71.1 Å². The number of likely N-dealkylation sites (tertiary alicyclic amines) is 1. The van der Waals surface area contributed by atoms with Crippen molar-refractivity contribution in [3.63, 3.8) is 0 Å². The van der Waals surface area contributed by atoms with Gasteiger partial charge in [-0.25, -0.2) is 9.59 Å². The first-order chi connectivity index (χ1) is 20.2. The molecule has 0 radical (unpaired) electrons. The Morgan fingerprint density at radius 1 is 0.976 bits per heavy atom. The normalized spacial score (nSPS) is 13.4. The van der Waals surface area contributed by atoms with Crippen LogP contribution in [0.5, 0.6) is 0 Å². The third-order valence-corrected chi connectivity index (χ3v) is 7.42. The Balaban J connectivity index is 1.34. The topological polar surface area (TPSA) is 116 Å². The maximum Gasteiger partial charge on any atom is 0.412 e. The summed E-state index contributed by atoms with van der Waals surface area (Å²) in [5.41, 5.74) is 2.50. The number of nitrogens with zero attached hydrogens (tertiary/aromatic N) is 3. The number of benzene rings is 1. The molecule has 3 N–H and O–H groups in total. The Kier molecular flexibility index (Phi) is 10.9. The largest absolute Gasteiger partial charge is 0.444 e. The molecule has 1 saturated heterocycles. The minimum atomic E-state index is -0.637. The molecule has 224 valence electrons. The smallest absolute Gasteiger partial charge is 0.412 e. The Labute approximate surface area is 251 Å². The molecule has 1 fully saturated rings. The Morgan fingerprint density at radius 3 is 2.36 bits per heavy atom. The van der Waals surface area contributed by atoms with E-state index in [4.69, 9.17) is 4.74 Å². The van der Waals surface area contributed by atoms with Gasteiger partial charge in [-0.1, -0.05) is 36.4 Å². The third kappa shape index (κ3) is 9.85. The summed E-state index contributed by atoms with van der Waals surface area (Å²) < 4.78 is 5.30. The average molecular weight is 593 g/mol. The van der Waals surface area contributed by atoms with Crippen molar-refractivity contribution in [3.05, 3.63) is 76.2 Å². The number of rotatable bonds is 11. The fourth-order valence-electron chi connectivity index (χ4n) is 4.55. The van der Waals surface area contributed by atoms with Gasteiger partial charge in [0.05, 0.1) is 11.4 Å². The maximum absolute atomic E-state index is 13.2. The maximum atomic E-state index is 13.2. The molecule has 11 heteroatoms. The number of urea groups is 1. The van der Waals surface area contributed by atoms with E-state index in [9.17, 15) is 14.4 Å². The van der Waals surface area contributed by atoms with Gasteiger partial charge in [-0.2, -0.15) is 0 Å². The van der Waals surface area contributed by atoms with Gasteiger partial charge in [0.25, 0.3) is 5.91 Å². The predicted molar refractivity (Wildman–Crippen MR) is 166 cm³/mol. The molecule has 1 aromatic carbocycles. The average Bonchev–Trinajstić information content (AvgIpc) is 3.63. The van der Waals surface area contributed by atoms with Crippen molar-refractivity contribution in [1.82, 2.24) is 20.1 Å². The van der Waals surface area contributed by atoms with E-state index in [0.29, 0.717) is 31.0 Å². The fraction of sp³-hybridized carbons (Fsp3) is 0.419. The summed E-state index contributed by atoms with van der Waals surface area (Å²) in [6, 6.07) is 13.4. The van der Waals surface area contributed by atoms with Crippen molar-refractivity contribution in [2.45, 2.75) is 52.2 Å². The quantitative estimate of drug-likeness (QED) is 0.267. The molecule has 1 aliphatic heterocycles. The second-order valence-electron chi connectivity index (χ2n) is 11.3. The number of carbonyl (C=O) groups excluding carboxylic acids is 3. The number of pyridine rings is 1. The van der Waals surface area contributed by atoms with Gasteiger partial charge in [-0.15, -0.1) is 11.3 Å². The van der Waals surface area contributed by atoms with Crippen LogP contribution in [0.3, 0.4) is 0 Å². The van der Waals surface area contributed by atoms with Crippen molar-refractivity contribution < 1.29 is 19.1 Å². The second kappa shape index (κ2) is 14.8. The highest BCUT2D eigenvalue weighted by atomic mass is 32.1. The van der Waals surface area contributed by atoms with E-state index >= 15 is 0 Å². The predicted octanol–water partition coefficient (Wildman–Crippen LogP) is 5.59. The summed E-state index contributed by atoms with van der Waals surface area (Å²) in [4.78, 5) is 46.8. The molecule has 10 nitrogen and oxygen atoms in total. The van der Waals surface area contributed by atoms with Gasteiger partial charge in [0.15, 0.2) is 0 Å². The van der Waals surface area contributed by atoms with E-state index in [1.165, 1.54) is 29.7 Å². The minimum absolute atomic E-state index is 0.116. The zero-order valence-corrected chi connectivity index (χ0v) is 25.3. The lowest BCUT2D eigenvalue weighted by Gasteiger charge is -2.26. The molecule has 1 aliphatic rings. The van der Waals surface area contributed by atoms with Gasteiger partial charge in [0.1, 0.15) is 11.3 Å². The third-order valence-electron chi connectivity index (χ3n) is 6.68. The molecule has 3 heterocycles. The Hall–Kier alpha value is -3.96. The van der Waals surface area contributed by atoms with Crippen molar-refractivity contribution in [3.8, 4) is 0 Å². The molecule has 3 aromatic rings. The first-order valence-corrected chi connectivity index (χ1v) is 15.2. The van der Waals surface area contributed by atoms with Crippen LogP contribution in [0.2, 0.25) is 0 Å². The number of aromatic nitrogens is 1. The number of carbonyl (C=O) groups is 3. The molecule has 42 heavy (non-hydrogen) atoms. The number of hydrogen-bond donors (Lipinski definition) is 3. The van der Waals surface area contributed by atoms with Crippen LogP contribution in [0, 0.1) is 0 Å². The fourth-order valence-corrected chi connectivity index (χ4v) is 5.27. The molecular formula is C31H40N6O4S. The van der Waals surface area contributed by atoms with E-state index in [1.54, 1.807) is 48.7 Å². The molecule has 4 rings (SSSR count). The Morgan fingerprint density at radius 2 is 1.69 bits per heavy atom. The van der Waals surface area contributed by atoms with Crippen LogP contribution in [0.15, 0.2) is 59.4 Å². The molecule has 0 spiro atoms. The molecule has 0 aliphatic carbocycles. The molecule has 0 unspecified atom stereocenters. The lowest BCUT2D eigenvalue weighted by atomic mass is 10.1. The molecule has 0 bridgehead atoms. The van der Waals surface area contributed by atoms with Crippen molar-refractivity contribution in [2.75, 3.05) is 43.4 Å². The SMILES string of the molecule is CC(C)(C)OC(=O)Nc1cscc1NC(=O)c1ccc(CN(CCN2CCCC2)C(=O)NCCc2ccccc2)cn1.